The largest absolute Gasteiger partial charge is 0.480 e. The number of thiophene rings is 1. The van der Waals surface area contributed by atoms with Gasteiger partial charge in [0.25, 0.3) is 0 Å². The SMILES string of the molecule is COC(=O)c1csc(C(N)C(=O)O)c1. The van der Waals surface area contributed by atoms with Gasteiger partial charge >= 0.3 is 11.9 Å². The maximum atomic E-state index is 11.0. The summed E-state index contributed by atoms with van der Waals surface area (Å²) >= 11 is 1.12. The Hall–Kier alpha value is -1.40. The second-order valence-electron chi connectivity index (χ2n) is 2.55. The molecule has 1 rings (SSSR count). The Balaban J connectivity index is 2.88. The van der Waals surface area contributed by atoms with Crippen LogP contribution in [0.5, 0.6) is 0 Å². The number of rotatable bonds is 3. The lowest BCUT2D eigenvalue weighted by Gasteiger charge is -2.00. The molecular weight excluding hydrogens is 206 g/mol. The van der Waals surface area contributed by atoms with Gasteiger partial charge in [0.2, 0.25) is 0 Å². The predicted molar refractivity (Wildman–Crippen MR) is 50.2 cm³/mol. The second-order valence-corrected chi connectivity index (χ2v) is 3.49. The molecule has 6 heteroatoms. The predicted octanol–water partition coefficient (Wildman–Crippen LogP) is 0.619. The summed E-state index contributed by atoms with van der Waals surface area (Å²) in [6.07, 6.45) is 0. The number of hydrogen-bond donors (Lipinski definition) is 2. The van der Waals surface area contributed by atoms with Gasteiger partial charge in [0.05, 0.1) is 12.7 Å². The molecular formula is C8H9NO4S. The van der Waals surface area contributed by atoms with Crippen LogP contribution in [0.1, 0.15) is 21.3 Å². The minimum absolute atomic E-state index is 0.323. The maximum absolute atomic E-state index is 11.0. The Bertz CT molecular complexity index is 360. The quantitative estimate of drug-likeness (QED) is 0.721. The fourth-order valence-electron chi connectivity index (χ4n) is 0.862. The van der Waals surface area contributed by atoms with Gasteiger partial charge in [-0.1, -0.05) is 0 Å². The molecule has 0 aliphatic rings. The van der Waals surface area contributed by atoms with E-state index in [2.05, 4.69) is 4.74 Å². The molecule has 1 aromatic heterocycles. The highest BCUT2D eigenvalue weighted by Gasteiger charge is 2.18. The van der Waals surface area contributed by atoms with Crippen LogP contribution in [-0.2, 0) is 9.53 Å². The topological polar surface area (TPSA) is 89.6 Å². The van der Waals surface area contributed by atoms with Crippen molar-refractivity contribution in [3.8, 4) is 0 Å². The zero-order chi connectivity index (χ0) is 10.7. The Kier molecular flexibility index (Phi) is 3.21. The van der Waals surface area contributed by atoms with Gasteiger partial charge in [-0.05, 0) is 6.07 Å². The van der Waals surface area contributed by atoms with E-state index >= 15 is 0 Å². The molecule has 1 heterocycles. The van der Waals surface area contributed by atoms with E-state index in [1.54, 1.807) is 0 Å². The summed E-state index contributed by atoms with van der Waals surface area (Å²) < 4.78 is 4.47. The first kappa shape index (κ1) is 10.7. The Morgan fingerprint density at radius 3 is 2.79 bits per heavy atom. The smallest absolute Gasteiger partial charge is 0.338 e. The number of carbonyl (C=O) groups excluding carboxylic acids is 1. The second kappa shape index (κ2) is 4.21. The third-order valence-corrected chi connectivity index (χ3v) is 2.63. The summed E-state index contributed by atoms with van der Waals surface area (Å²) in [7, 11) is 1.26. The molecule has 1 unspecified atom stereocenters. The summed E-state index contributed by atoms with van der Waals surface area (Å²) in [5, 5.41) is 10.1. The van der Waals surface area contributed by atoms with Gasteiger partial charge in [-0.15, -0.1) is 11.3 Å². The van der Waals surface area contributed by atoms with Crippen molar-refractivity contribution in [1.82, 2.24) is 0 Å². The minimum atomic E-state index is -1.12. The molecule has 0 saturated carbocycles. The average molecular weight is 215 g/mol. The Morgan fingerprint density at radius 2 is 2.29 bits per heavy atom. The van der Waals surface area contributed by atoms with Crippen LogP contribution in [-0.4, -0.2) is 24.2 Å². The standard InChI is InChI=1S/C8H9NO4S/c1-13-8(12)4-2-5(14-3-4)6(9)7(10)11/h2-3,6H,9H2,1H3,(H,10,11). The molecule has 0 bridgehead atoms. The molecule has 76 valence electrons. The summed E-state index contributed by atoms with van der Waals surface area (Å²) in [6.45, 7) is 0. The lowest BCUT2D eigenvalue weighted by Crippen LogP contribution is -2.19. The lowest BCUT2D eigenvalue weighted by atomic mass is 10.2. The van der Waals surface area contributed by atoms with E-state index in [0.717, 1.165) is 11.3 Å². The van der Waals surface area contributed by atoms with E-state index in [0.29, 0.717) is 10.4 Å². The number of nitrogens with two attached hydrogens (primary N) is 1. The molecule has 5 nitrogen and oxygen atoms in total. The number of carboxylic acids is 1. The lowest BCUT2D eigenvalue weighted by molar-refractivity contribution is -0.138. The molecule has 0 amide bonds. The van der Waals surface area contributed by atoms with Crippen molar-refractivity contribution < 1.29 is 19.4 Å². The fourth-order valence-corrected chi connectivity index (χ4v) is 1.73. The molecule has 0 spiro atoms. The zero-order valence-electron chi connectivity index (χ0n) is 7.39. The molecule has 0 aliphatic carbocycles. The monoisotopic (exact) mass is 215 g/mol. The van der Waals surface area contributed by atoms with E-state index in [1.807, 2.05) is 0 Å². The molecule has 0 saturated heterocycles. The van der Waals surface area contributed by atoms with Crippen LogP contribution < -0.4 is 5.73 Å². The van der Waals surface area contributed by atoms with Crippen molar-refractivity contribution in [3.05, 3.63) is 21.9 Å². The van der Waals surface area contributed by atoms with E-state index in [4.69, 9.17) is 10.8 Å². The number of aliphatic carboxylic acids is 1. The minimum Gasteiger partial charge on any atom is -0.480 e. The summed E-state index contributed by atoms with van der Waals surface area (Å²) in [5.41, 5.74) is 5.67. The highest BCUT2D eigenvalue weighted by Crippen LogP contribution is 2.21. The highest BCUT2D eigenvalue weighted by molar-refractivity contribution is 7.10. The van der Waals surface area contributed by atoms with Gasteiger partial charge < -0.3 is 15.6 Å². The van der Waals surface area contributed by atoms with Crippen LogP contribution in [0.25, 0.3) is 0 Å². The Morgan fingerprint density at radius 1 is 1.64 bits per heavy atom. The number of carboxylic acid groups (broad SMARTS) is 1. The molecule has 1 atom stereocenters. The van der Waals surface area contributed by atoms with Gasteiger partial charge in [0.15, 0.2) is 0 Å². The maximum Gasteiger partial charge on any atom is 0.338 e. The highest BCUT2D eigenvalue weighted by atomic mass is 32.1. The van der Waals surface area contributed by atoms with Crippen molar-refractivity contribution in [2.24, 2.45) is 5.73 Å². The third-order valence-electron chi connectivity index (χ3n) is 1.61. The van der Waals surface area contributed by atoms with Crippen LogP contribution in [0.3, 0.4) is 0 Å². The molecule has 14 heavy (non-hydrogen) atoms. The van der Waals surface area contributed by atoms with Gasteiger partial charge in [-0.25, -0.2) is 4.79 Å². The fraction of sp³-hybridized carbons (Fsp3) is 0.250. The van der Waals surface area contributed by atoms with Gasteiger partial charge in [-0.2, -0.15) is 0 Å². The van der Waals surface area contributed by atoms with Crippen LogP contribution >= 0.6 is 11.3 Å². The van der Waals surface area contributed by atoms with Gasteiger partial charge in [0.1, 0.15) is 6.04 Å². The van der Waals surface area contributed by atoms with E-state index < -0.39 is 18.0 Å². The molecule has 0 radical (unpaired) electrons. The average Bonchev–Trinajstić information content (AvgIpc) is 2.64. The van der Waals surface area contributed by atoms with Crippen LogP contribution in [0.4, 0.5) is 0 Å². The Labute approximate surface area is 84.1 Å². The van der Waals surface area contributed by atoms with Crippen LogP contribution in [0, 0.1) is 0 Å². The van der Waals surface area contributed by atoms with Gasteiger partial charge in [-0.3, -0.25) is 4.79 Å². The molecule has 0 aromatic carbocycles. The number of ether oxygens (including phenoxy) is 1. The summed E-state index contributed by atoms with van der Waals surface area (Å²) in [6, 6.07) is 0.341. The molecule has 0 aliphatic heterocycles. The first-order valence-electron chi connectivity index (χ1n) is 3.71. The van der Waals surface area contributed by atoms with Crippen molar-refractivity contribution in [2.45, 2.75) is 6.04 Å². The zero-order valence-corrected chi connectivity index (χ0v) is 8.21. The van der Waals surface area contributed by atoms with E-state index in [-0.39, 0.29) is 0 Å². The molecule has 0 fully saturated rings. The molecule has 3 N–H and O–H groups in total. The number of esters is 1. The van der Waals surface area contributed by atoms with E-state index in [1.165, 1.54) is 18.6 Å². The number of carbonyl (C=O) groups is 2. The van der Waals surface area contributed by atoms with Crippen molar-refractivity contribution in [1.29, 1.82) is 0 Å². The van der Waals surface area contributed by atoms with Crippen molar-refractivity contribution in [3.63, 3.8) is 0 Å². The van der Waals surface area contributed by atoms with Crippen molar-refractivity contribution >= 4 is 23.3 Å². The third kappa shape index (κ3) is 2.09. The summed E-state index contributed by atoms with van der Waals surface area (Å²) in [4.78, 5) is 22.0. The van der Waals surface area contributed by atoms with Crippen LogP contribution in [0.15, 0.2) is 11.4 Å². The number of methoxy groups -OCH3 is 1. The first-order chi connectivity index (χ1) is 6.56. The van der Waals surface area contributed by atoms with Crippen molar-refractivity contribution in [2.75, 3.05) is 7.11 Å². The van der Waals surface area contributed by atoms with Crippen LogP contribution in [0.2, 0.25) is 0 Å². The van der Waals surface area contributed by atoms with Gasteiger partial charge in [0, 0.05) is 10.3 Å². The number of hydrogen-bond acceptors (Lipinski definition) is 5. The van der Waals surface area contributed by atoms with E-state index in [9.17, 15) is 9.59 Å². The normalized spacial score (nSPS) is 12.1. The summed E-state index contributed by atoms with van der Waals surface area (Å²) in [5.74, 6) is -1.62. The molecule has 1 aromatic rings. The first-order valence-corrected chi connectivity index (χ1v) is 4.59.